The van der Waals surface area contributed by atoms with Crippen LogP contribution >= 0.6 is 0 Å². The van der Waals surface area contributed by atoms with Gasteiger partial charge in [-0.3, -0.25) is 0 Å². The third kappa shape index (κ3) is 2.57. The molecule has 0 amide bonds. The van der Waals surface area contributed by atoms with E-state index in [1.165, 1.54) is 51.4 Å². The second-order valence-electron chi connectivity index (χ2n) is 6.83. The van der Waals surface area contributed by atoms with Gasteiger partial charge in [0.2, 0.25) is 0 Å². The lowest BCUT2D eigenvalue weighted by atomic mass is 9.61. The first-order valence-electron chi connectivity index (χ1n) is 7.09. The van der Waals surface area contributed by atoms with Crippen molar-refractivity contribution in [3.63, 3.8) is 0 Å². The topological polar surface area (TPSA) is 0 Å². The fourth-order valence-corrected chi connectivity index (χ4v) is 3.84. The molecule has 0 aromatic heterocycles. The van der Waals surface area contributed by atoms with Crippen LogP contribution in [0.5, 0.6) is 0 Å². The first-order valence-corrected chi connectivity index (χ1v) is 7.09. The van der Waals surface area contributed by atoms with E-state index in [-0.39, 0.29) is 0 Å². The Balaban J connectivity index is 1.93. The van der Waals surface area contributed by atoms with Crippen LogP contribution in [0.2, 0.25) is 0 Å². The molecule has 0 heteroatoms. The van der Waals surface area contributed by atoms with Gasteiger partial charge < -0.3 is 0 Å². The van der Waals surface area contributed by atoms with Gasteiger partial charge in [0.1, 0.15) is 0 Å². The second kappa shape index (κ2) is 4.47. The van der Waals surface area contributed by atoms with E-state index in [9.17, 15) is 0 Å². The van der Waals surface area contributed by atoms with Crippen LogP contribution in [-0.4, -0.2) is 0 Å². The highest BCUT2D eigenvalue weighted by Gasteiger charge is 2.37. The lowest BCUT2D eigenvalue weighted by molar-refractivity contribution is 0.0647. The third-order valence-electron chi connectivity index (χ3n) is 5.41. The summed E-state index contributed by atoms with van der Waals surface area (Å²) in [5.41, 5.74) is 0.611. The molecule has 0 nitrogen and oxygen atoms in total. The molecule has 0 saturated heterocycles. The summed E-state index contributed by atoms with van der Waals surface area (Å²) >= 11 is 0. The van der Waals surface area contributed by atoms with Gasteiger partial charge in [0, 0.05) is 0 Å². The van der Waals surface area contributed by atoms with Crippen LogP contribution in [0.4, 0.5) is 0 Å². The molecule has 0 N–H and O–H groups in total. The number of rotatable bonds is 1. The van der Waals surface area contributed by atoms with Gasteiger partial charge in [-0.2, -0.15) is 0 Å². The largest absolute Gasteiger partial charge is 0.0620 e. The van der Waals surface area contributed by atoms with E-state index in [1.807, 2.05) is 0 Å². The minimum absolute atomic E-state index is 0.611. The summed E-state index contributed by atoms with van der Waals surface area (Å²) in [6.07, 6.45) is 12.1. The molecule has 0 aromatic rings. The predicted octanol–water partition coefficient (Wildman–Crippen LogP) is 5.03. The average Bonchev–Trinajstić information content (AvgIpc) is 2.23. The molecule has 2 rings (SSSR count). The first kappa shape index (κ1) is 11.5. The van der Waals surface area contributed by atoms with Crippen LogP contribution in [-0.2, 0) is 0 Å². The molecule has 0 aromatic carbocycles. The molecule has 0 aliphatic heterocycles. The molecule has 0 radical (unpaired) electrons. The summed E-state index contributed by atoms with van der Waals surface area (Å²) in [5, 5.41) is 0. The Morgan fingerprint density at radius 2 is 1.47 bits per heavy atom. The van der Waals surface area contributed by atoms with Gasteiger partial charge in [0.15, 0.2) is 0 Å². The van der Waals surface area contributed by atoms with Gasteiger partial charge in [-0.15, -0.1) is 0 Å². The van der Waals surface area contributed by atoms with Crippen molar-refractivity contribution in [2.75, 3.05) is 0 Å². The fourth-order valence-electron chi connectivity index (χ4n) is 3.84. The molecule has 15 heavy (non-hydrogen) atoms. The van der Waals surface area contributed by atoms with Crippen molar-refractivity contribution in [3.8, 4) is 0 Å². The lowest BCUT2D eigenvalue weighted by Gasteiger charge is -2.44. The molecule has 0 heterocycles. The van der Waals surface area contributed by atoms with E-state index in [0.717, 1.165) is 17.8 Å². The molecule has 2 fully saturated rings. The van der Waals surface area contributed by atoms with Crippen molar-refractivity contribution in [2.24, 2.45) is 23.2 Å². The van der Waals surface area contributed by atoms with Crippen molar-refractivity contribution >= 4 is 0 Å². The molecule has 0 spiro atoms. The maximum Gasteiger partial charge on any atom is -0.0326 e. The van der Waals surface area contributed by atoms with Crippen LogP contribution in [0.3, 0.4) is 0 Å². The molecular formula is C15H28. The molecule has 2 aliphatic carbocycles. The Labute approximate surface area is 95.8 Å². The van der Waals surface area contributed by atoms with E-state index < -0.39 is 0 Å². The molecule has 2 aliphatic rings. The van der Waals surface area contributed by atoms with Gasteiger partial charge >= 0.3 is 0 Å². The summed E-state index contributed by atoms with van der Waals surface area (Å²) in [6, 6.07) is 0. The van der Waals surface area contributed by atoms with Gasteiger partial charge in [-0.1, -0.05) is 52.9 Å². The fraction of sp³-hybridized carbons (Fsp3) is 1.00. The Morgan fingerprint density at radius 3 is 2.07 bits per heavy atom. The predicted molar refractivity (Wildman–Crippen MR) is 66.9 cm³/mol. The van der Waals surface area contributed by atoms with Gasteiger partial charge in [0.05, 0.1) is 0 Å². The standard InChI is InChI=1S/C15H28/c1-12-9-10-14(11-15(12,2)3)13-7-5-4-6-8-13/h12-14H,4-11H2,1-3H3/t12-,14?/m1/s1. The van der Waals surface area contributed by atoms with Crippen molar-refractivity contribution in [1.82, 2.24) is 0 Å². The quantitative estimate of drug-likeness (QED) is 0.567. The highest BCUT2D eigenvalue weighted by Crippen LogP contribution is 2.47. The third-order valence-corrected chi connectivity index (χ3v) is 5.41. The lowest BCUT2D eigenvalue weighted by Crippen LogP contribution is -2.34. The van der Waals surface area contributed by atoms with Gasteiger partial charge in [0.25, 0.3) is 0 Å². The SMILES string of the molecule is C[C@@H]1CCC(C2CCCCC2)CC1(C)C. The molecule has 1 unspecified atom stereocenters. The molecule has 0 bridgehead atoms. The Hall–Kier alpha value is 0. The monoisotopic (exact) mass is 208 g/mol. The minimum atomic E-state index is 0.611. The first-order chi connectivity index (χ1) is 7.09. The maximum atomic E-state index is 2.49. The molecular weight excluding hydrogens is 180 g/mol. The molecule has 2 atom stereocenters. The van der Waals surface area contributed by atoms with E-state index >= 15 is 0 Å². The van der Waals surface area contributed by atoms with E-state index in [2.05, 4.69) is 20.8 Å². The van der Waals surface area contributed by atoms with Crippen molar-refractivity contribution in [3.05, 3.63) is 0 Å². The number of hydrogen-bond donors (Lipinski definition) is 0. The zero-order valence-corrected chi connectivity index (χ0v) is 10.9. The highest BCUT2D eigenvalue weighted by atomic mass is 14.4. The Bertz CT molecular complexity index is 198. The highest BCUT2D eigenvalue weighted by molar-refractivity contribution is 4.87. The van der Waals surface area contributed by atoms with E-state index in [1.54, 1.807) is 0 Å². The van der Waals surface area contributed by atoms with Crippen molar-refractivity contribution < 1.29 is 0 Å². The van der Waals surface area contributed by atoms with E-state index in [4.69, 9.17) is 0 Å². The zero-order chi connectivity index (χ0) is 10.9. The molecule has 88 valence electrons. The average molecular weight is 208 g/mol. The van der Waals surface area contributed by atoms with Crippen LogP contribution < -0.4 is 0 Å². The van der Waals surface area contributed by atoms with Crippen LogP contribution in [0.25, 0.3) is 0 Å². The Kier molecular flexibility index (Phi) is 3.42. The van der Waals surface area contributed by atoms with E-state index in [0.29, 0.717) is 5.41 Å². The normalized spacial score (nSPS) is 37.8. The van der Waals surface area contributed by atoms with Gasteiger partial charge in [-0.05, 0) is 42.4 Å². The maximum absolute atomic E-state index is 2.49. The summed E-state index contributed by atoms with van der Waals surface area (Å²) in [5.74, 6) is 3.10. The summed E-state index contributed by atoms with van der Waals surface area (Å²) in [7, 11) is 0. The summed E-state index contributed by atoms with van der Waals surface area (Å²) in [4.78, 5) is 0. The van der Waals surface area contributed by atoms with Crippen LogP contribution in [0.15, 0.2) is 0 Å². The van der Waals surface area contributed by atoms with Crippen LogP contribution in [0, 0.1) is 23.2 Å². The molecule has 2 saturated carbocycles. The summed E-state index contributed by atoms with van der Waals surface area (Å²) < 4.78 is 0. The second-order valence-corrected chi connectivity index (χ2v) is 6.83. The van der Waals surface area contributed by atoms with Gasteiger partial charge in [-0.25, -0.2) is 0 Å². The van der Waals surface area contributed by atoms with Crippen molar-refractivity contribution in [1.29, 1.82) is 0 Å². The van der Waals surface area contributed by atoms with Crippen LogP contribution in [0.1, 0.15) is 72.1 Å². The summed E-state index contributed by atoms with van der Waals surface area (Å²) in [6.45, 7) is 7.44. The number of hydrogen-bond acceptors (Lipinski definition) is 0. The smallest absolute Gasteiger partial charge is 0.0326 e. The zero-order valence-electron chi connectivity index (χ0n) is 10.9. The van der Waals surface area contributed by atoms with Crippen molar-refractivity contribution in [2.45, 2.75) is 72.1 Å². The Morgan fingerprint density at radius 1 is 0.800 bits per heavy atom. The minimum Gasteiger partial charge on any atom is -0.0620 e.